The molecule has 0 amide bonds. The number of thiophene rings is 1. The molecule has 3 rings (SSSR count). The van der Waals surface area contributed by atoms with Gasteiger partial charge in [0.1, 0.15) is 5.82 Å². The second-order valence-corrected chi connectivity index (χ2v) is 7.05. The second kappa shape index (κ2) is 4.26. The largest absolute Gasteiger partial charge is 0.497 e. The molecule has 0 spiro atoms. The van der Waals surface area contributed by atoms with Gasteiger partial charge in [-0.1, -0.05) is 6.07 Å². The minimum absolute atomic E-state index is 0.278. The smallest absolute Gasteiger partial charge is 0.399 e. The van der Waals surface area contributed by atoms with Gasteiger partial charge in [-0.15, -0.1) is 11.3 Å². The van der Waals surface area contributed by atoms with Crippen molar-refractivity contribution in [2.24, 2.45) is 0 Å². The lowest BCUT2D eigenvalue weighted by atomic mass is 9.78. The van der Waals surface area contributed by atoms with E-state index in [9.17, 15) is 8.78 Å². The van der Waals surface area contributed by atoms with Crippen LogP contribution in [0.3, 0.4) is 0 Å². The lowest BCUT2D eigenvalue weighted by Gasteiger charge is -2.32. The van der Waals surface area contributed by atoms with Crippen LogP contribution in [0.2, 0.25) is 0 Å². The summed E-state index contributed by atoms with van der Waals surface area (Å²) in [6.07, 6.45) is 0. The van der Waals surface area contributed by atoms with Gasteiger partial charge in [0.2, 0.25) is 0 Å². The molecule has 2 nitrogen and oxygen atoms in total. The normalized spacial score (nSPS) is 20.8. The summed E-state index contributed by atoms with van der Waals surface area (Å²) in [5, 5.41) is -0.121. The zero-order valence-electron chi connectivity index (χ0n) is 11.8. The molecule has 1 aromatic carbocycles. The van der Waals surface area contributed by atoms with E-state index >= 15 is 0 Å². The van der Waals surface area contributed by atoms with Crippen LogP contribution in [-0.2, 0) is 9.31 Å². The summed E-state index contributed by atoms with van der Waals surface area (Å²) in [6.45, 7) is 7.64. The third-order valence-corrected chi connectivity index (χ3v) is 5.03. The van der Waals surface area contributed by atoms with Gasteiger partial charge in [-0.3, -0.25) is 0 Å². The second-order valence-electron chi connectivity index (χ2n) is 6.02. The lowest BCUT2D eigenvalue weighted by Crippen LogP contribution is -2.41. The van der Waals surface area contributed by atoms with Crippen LogP contribution in [0.15, 0.2) is 18.2 Å². The van der Waals surface area contributed by atoms with Crippen molar-refractivity contribution in [3.8, 4) is 0 Å². The Labute approximate surface area is 120 Å². The molecule has 1 aromatic heterocycles. The van der Waals surface area contributed by atoms with Crippen molar-refractivity contribution in [1.82, 2.24) is 0 Å². The van der Waals surface area contributed by atoms with Crippen LogP contribution in [0.1, 0.15) is 27.7 Å². The first kappa shape index (κ1) is 14.0. The molecule has 0 unspecified atom stereocenters. The van der Waals surface area contributed by atoms with Crippen molar-refractivity contribution in [2.75, 3.05) is 0 Å². The molecule has 0 aliphatic carbocycles. The highest BCUT2D eigenvalue weighted by molar-refractivity contribution is 7.17. The minimum atomic E-state index is -0.771. The molecule has 1 aliphatic rings. The third kappa shape index (κ3) is 1.98. The molecule has 0 atom stereocenters. The molecular formula is C14H15BF2O2S. The van der Waals surface area contributed by atoms with Gasteiger partial charge in [0, 0.05) is 15.5 Å². The van der Waals surface area contributed by atoms with Crippen LogP contribution in [-0.4, -0.2) is 18.3 Å². The molecule has 0 saturated carbocycles. The Balaban J connectivity index is 2.06. The van der Waals surface area contributed by atoms with Gasteiger partial charge in [-0.25, -0.2) is 4.39 Å². The molecule has 106 valence electrons. The summed E-state index contributed by atoms with van der Waals surface area (Å²) in [5.41, 5.74) is -0.744. The van der Waals surface area contributed by atoms with E-state index in [2.05, 4.69) is 0 Å². The Morgan fingerprint density at radius 3 is 2.25 bits per heavy atom. The van der Waals surface area contributed by atoms with E-state index in [4.69, 9.17) is 9.31 Å². The standard InChI is InChI=1S/C14H15BF2O2S/c1-13(2)14(3,4)19-15(18-13)9-5-6-10-8(12(9)17)7-11(16)20-10/h5-7H,1-4H3. The van der Waals surface area contributed by atoms with Gasteiger partial charge in [-0.05, 0) is 39.8 Å². The molecule has 20 heavy (non-hydrogen) atoms. The summed E-state index contributed by atoms with van der Waals surface area (Å²) in [5.74, 6) is -0.471. The number of fused-ring (bicyclic) bond motifs is 1. The average Bonchev–Trinajstić information content (AvgIpc) is 2.78. The van der Waals surface area contributed by atoms with Gasteiger partial charge < -0.3 is 9.31 Å². The van der Waals surface area contributed by atoms with Gasteiger partial charge in [0.05, 0.1) is 11.2 Å². The molecule has 2 aromatic rings. The lowest BCUT2D eigenvalue weighted by molar-refractivity contribution is 0.00578. The summed E-state index contributed by atoms with van der Waals surface area (Å²) in [7, 11) is -0.771. The minimum Gasteiger partial charge on any atom is -0.399 e. The van der Waals surface area contributed by atoms with Crippen molar-refractivity contribution in [1.29, 1.82) is 0 Å². The van der Waals surface area contributed by atoms with Crippen LogP contribution in [0.25, 0.3) is 10.1 Å². The number of benzene rings is 1. The zero-order valence-corrected chi connectivity index (χ0v) is 12.6. The molecule has 0 radical (unpaired) electrons. The molecule has 2 heterocycles. The van der Waals surface area contributed by atoms with Crippen molar-refractivity contribution < 1.29 is 18.1 Å². The van der Waals surface area contributed by atoms with Crippen molar-refractivity contribution in [3.63, 3.8) is 0 Å². The van der Waals surface area contributed by atoms with E-state index in [1.807, 2.05) is 27.7 Å². The number of hydrogen-bond donors (Lipinski definition) is 0. The first-order chi connectivity index (χ1) is 9.21. The fourth-order valence-electron chi connectivity index (χ4n) is 2.22. The Kier molecular flexibility index (Phi) is 2.98. The predicted octanol–water partition coefficient (Wildman–Crippen LogP) is 3.48. The van der Waals surface area contributed by atoms with E-state index in [0.29, 0.717) is 10.2 Å². The zero-order chi connectivity index (χ0) is 14.7. The highest BCUT2D eigenvalue weighted by Gasteiger charge is 2.52. The van der Waals surface area contributed by atoms with Crippen LogP contribution >= 0.6 is 11.3 Å². The van der Waals surface area contributed by atoms with E-state index in [0.717, 1.165) is 11.3 Å². The van der Waals surface area contributed by atoms with Crippen LogP contribution < -0.4 is 5.46 Å². The SMILES string of the molecule is CC1(C)OB(c2ccc3sc(F)cc3c2F)OC1(C)C. The summed E-state index contributed by atoms with van der Waals surface area (Å²) < 4.78 is 40.0. The summed E-state index contributed by atoms with van der Waals surface area (Å²) >= 11 is 0.929. The summed E-state index contributed by atoms with van der Waals surface area (Å²) in [4.78, 5) is 0. The molecule has 1 aliphatic heterocycles. The quantitative estimate of drug-likeness (QED) is 0.750. The third-order valence-electron chi connectivity index (χ3n) is 4.14. The molecule has 6 heteroatoms. The van der Waals surface area contributed by atoms with E-state index in [1.54, 1.807) is 12.1 Å². The molecule has 0 N–H and O–H groups in total. The average molecular weight is 296 g/mol. The van der Waals surface area contributed by atoms with Crippen molar-refractivity contribution in [2.45, 2.75) is 38.9 Å². The monoisotopic (exact) mass is 296 g/mol. The van der Waals surface area contributed by atoms with E-state index < -0.39 is 29.3 Å². The Hall–Kier alpha value is -0.975. The first-order valence-corrected chi connectivity index (χ1v) is 7.26. The molecular weight excluding hydrogens is 281 g/mol. The maximum absolute atomic E-state index is 14.5. The molecule has 1 fully saturated rings. The van der Waals surface area contributed by atoms with Gasteiger partial charge in [0.15, 0.2) is 5.13 Å². The molecule has 0 bridgehead atoms. The van der Waals surface area contributed by atoms with Crippen LogP contribution in [0, 0.1) is 10.9 Å². The Morgan fingerprint density at radius 1 is 1.05 bits per heavy atom. The molecule has 1 saturated heterocycles. The maximum atomic E-state index is 14.5. The predicted molar refractivity (Wildman–Crippen MR) is 77.5 cm³/mol. The number of rotatable bonds is 1. The van der Waals surface area contributed by atoms with E-state index in [-0.39, 0.29) is 5.39 Å². The maximum Gasteiger partial charge on any atom is 0.497 e. The fraction of sp³-hybridized carbons (Fsp3) is 0.429. The highest BCUT2D eigenvalue weighted by atomic mass is 32.1. The van der Waals surface area contributed by atoms with Crippen molar-refractivity contribution in [3.05, 3.63) is 29.1 Å². The van der Waals surface area contributed by atoms with Gasteiger partial charge >= 0.3 is 7.12 Å². The van der Waals surface area contributed by atoms with Gasteiger partial charge in [0.25, 0.3) is 0 Å². The first-order valence-electron chi connectivity index (χ1n) is 6.44. The van der Waals surface area contributed by atoms with Gasteiger partial charge in [-0.2, -0.15) is 4.39 Å². The Morgan fingerprint density at radius 2 is 1.65 bits per heavy atom. The topological polar surface area (TPSA) is 18.5 Å². The summed E-state index contributed by atoms with van der Waals surface area (Å²) in [6, 6.07) is 4.52. The Bertz CT molecular complexity index is 665. The number of halogens is 2. The van der Waals surface area contributed by atoms with Crippen molar-refractivity contribution >= 4 is 34.0 Å². The van der Waals surface area contributed by atoms with Crippen LogP contribution in [0.5, 0.6) is 0 Å². The highest BCUT2D eigenvalue weighted by Crippen LogP contribution is 2.37. The fourth-order valence-corrected chi connectivity index (χ4v) is 3.00. The number of hydrogen-bond acceptors (Lipinski definition) is 3. The van der Waals surface area contributed by atoms with E-state index in [1.165, 1.54) is 6.07 Å². The van der Waals surface area contributed by atoms with Crippen LogP contribution in [0.4, 0.5) is 8.78 Å².